The second kappa shape index (κ2) is 7.29. The summed E-state index contributed by atoms with van der Waals surface area (Å²) in [5, 5.41) is 9.34. The molecule has 0 amide bonds. The number of benzene rings is 3. The van der Waals surface area contributed by atoms with Crippen LogP contribution in [0.25, 0.3) is 17.2 Å². The predicted molar refractivity (Wildman–Crippen MR) is 94.6 cm³/mol. The summed E-state index contributed by atoms with van der Waals surface area (Å²) < 4.78 is 5.46. The highest BCUT2D eigenvalue weighted by Crippen LogP contribution is 2.21. The Morgan fingerprint density at radius 2 is 1.29 bits per heavy atom. The Balaban J connectivity index is 1.84. The molecule has 0 bridgehead atoms. The third kappa shape index (κ3) is 3.90. The Morgan fingerprint density at radius 1 is 0.750 bits per heavy atom. The molecule has 0 fully saturated rings. The van der Waals surface area contributed by atoms with Crippen LogP contribution in [0.15, 0.2) is 90.7 Å². The second-order valence-electron chi connectivity index (χ2n) is 5.22. The molecule has 0 aliphatic rings. The number of carboxylic acid groups (broad SMARTS) is 1. The molecule has 0 aliphatic carbocycles. The molecule has 0 saturated heterocycles. The largest absolute Gasteiger partial charge is 0.475 e. The van der Waals surface area contributed by atoms with Crippen molar-refractivity contribution < 1.29 is 14.6 Å². The van der Waals surface area contributed by atoms with E-state index in [2.05, 4.69) is 0 Å². The number of carboxylic acids is 1. The summed E-state index contributed by atoms with van der Waals surface area (Å²) in [6, 6.07) is 26.6. The van der Waals surface area contributed by atoms with Crippen molar-refractivity contribution in [3.8, 4) is 16.9 Å². The van der Waals surface area contributed by atoms with Gasteiger partial charge in [0.05, 0.1) is 0 Å². The molecular weight excluding hydrogens is 300 g/mol. The van der Waals surface area contributed by atoms with Crippen LogP contribution in [0.4, 0.5) is 0 Å². The first kappa shape index (κ1) is 15.6. The molecule has 3 aromatic rings. The van der Waals surface area contributed by atoms with E-state index in [1.54, 1.807) is 24.3 Å². The van der Waals surface area contributed by atoms with Crippen LogP contribution in [0.2, 0.25) is 0 Å². The Hall–Kier alpha value is -3.33. The minimum Gasteiger partial charge on any atom is -0.475 e. The molecule has 0 heterocycles. The molecular formula is C21H16O3. The lowest BCUT2D eigenvalue weighted by Gasteiger charge is -2.07. The number of para-hydroxylation sites is 1. The predicted octanol–water partition coefficient (Wildman–Crippen LogP) is 4.86. The standard InChI is InChI=1S/C21H16O3/c22-21(23)20(24-19-9-5-2-6-10-19)15-16-11-13-18(14-12-16)17-7-3-1-4-8-17/h1-15H,(H,22,23). The van der Waals surface area contributed by atoms with Gasteiger partial charge in [-0.05, 0) is 34.9 Å². The molecule has 118 valence electrons. The fraction of sp³-hybridized carbons (Fsp3) is 0. The van der Waals surface area contributed by atoms with Gasteiger partial charge in [0, 0.05) is 0 Å². The molecule has 0 saturated carbocycles. The Bertz CT molecular complexity index is 835. The van der Waals surface area contributed by atoms with Gasteiger partial charge in [-0.2, -0.15) is 0 Å². The number of aliphatic carboxylic acids is 1. The van der Waals surface area contributed by atoms with Gasteiger partial charge >= 0.3 is 5.97 Å². The van der Waals surface area contributed by atoms with E-state index < -0.39 is 5.97 Å². The molecule has 3 nitrogen and oxygen atoms in total. The maximum absolute atomic E-state index is 11.4. The van der Waals surface area contributed by atoms with E-state index >= 15 is 0 Å². The first-order valence-corrected chi connectivity index (χ1v) is 7.56. The summed E-state index contributed by atoms with van der Waals surface area (Å²) in [6.07, 6.45) is 1.52. The van der Waals surface area contributed by atoms with Gasteiger partial charge in [-0.15, -0.1) is 0 Å². The highest BCUT2D eigenvalue weighted by atomic mass is 16.5. The van der Waals surface area contributed by atoms with Crippen molar-refractivity contribution in [1.29, 1.82) is 0 Å². The van der Waals surface area contributed by atoms with Gasteiger partial charge in [0.25, 0.3) is 0 Å². The number of hydrogen-bond acceptors (Lipinski definition) is 2. The summed E-state index contributed by atoms with van der Waals surface area (Å²) >= 11 is 0. The van der Waals surface area contributed by atoms with Crippen molar-refractivity contribution in [2.24, 2.45) is 0 Å². The lowest BCUT2D eigenvalue weighted by atomic mass is 10.0. The maximum atomic E-state index is 11.4. The lowest BCUT2D eigenvalue weighted by Crippen LogP contribution is -2.07. The van der Waals surface area contributed by atoms with Gasteiger partial charge in [0.15, 0.2) is 0 Å². The normalized spacial score (nSPS) is 11.1. The molecule has 0 unspecified atom stereocenters. The highest BCUT2D eigenvalue weighted by molar-refractivity contribution is 5.90. The van der Waals surface area contributed by atoms with Crippen molar-refractivity contribution in [1.82, 2.24) is 0 Å². The quantitative estimate of drug-likeness (QED) is 0.540. The number of ether oxygens (including phenoxy) is 1. The number of rotatable bonds is 5. The zero-order chi connectivity index (χ0) is 16.8. The van der Waals surface area contributed by atoms with Gasteiger partial charge in [-0.25, -0.2) is 4.79 Å². The topological polar surface area (TPSA) is 46.5 Å². The second-order valence-corrected chi connectivity index (χ2v) is 5.22. The van der Waals surface area contributed by atoms with Crippen molar-refractivity contribution >= 4 is 12.0 Å². The smallest absolute Gasteiger partial charge is 0.371 e. The Morgan fingerprint density at radius 3 is 1.88 bits per heavy atom. The van der Waals surface area contributed by atoms with Crippen molar-refractivity contribution in [3.63, 3.8) is 0 Å². The van der Waals surface area contributed by atoms with Gasteiger partial charge in [0.1, 0.15) is 5.75 Å². The van der Waals surface area contributed by atoms with E-state index in [-0.39, 0.29) is 5.76 Å². The zero-order valence-corrected chi connectivity index (χ0v) is 12.9. The molecule has 3 heteroatoms. The third-order valence-electron chi connectivity index (χ3n) is 3.50. The van der Waals surface area contributed by atoms with Crippen LogP contribution in [-0.2, 0) is 4.79 Å². The van der Waals surface area contributed by atoms with Crippen LogP contribution in [0.1, 0.15) is 5.56 Å². The number of hydrogen-bond donors (Lipinski definition) is 1. The van der Waals surface area contributed by atoms with E-state index in [4.69, 9.17) is 4.74 Å². The average Bonchev–Trinajstić information content (AvgIpc) is 2.63. The van der Waals surface area contributed by atoms with Crippen molar-refractivity contribution in [2.45, 2.75) is 0 Å². The molecule has 1 N–H and O–H groups in total. The maximum Gasteiger partial charge on any atom is 0.371 e. The zero-order valence-electron chi connectivity index (χ0n) is 12.9. The van der Waals surface area contributed by atoms with Crippen LogP contribution in [0.3, 0.4) is 0 Å². The molecule has 0 aliphatic heterocycles. The number of carbonyl (C=O) groups is 1. The summed E-state index contributed by atoms with van der Waals surface area (Å²) in [5.74, 6) is -0.730. The minimum atomic E-state index is -1.11. The molecule has 3 rings (SSSR count). The summed E-state index contributed by atoms with van der Waals surface area (Å²) in [6.45, 7) is 0. The van der Waals surface area contributed by atoms with Crippen LogP contribution in [-0.4, -0.2) is 11.1 Å². The molecule has 3 aromatic carbocycles. The molecule has 0 aromatic heterocycles. The Kier molecular flexibility index (Phi) is 4.73. The molecule has 24 heavy (non-hydrogen) atoms. The van der Waals surface area contributed by atoms with Gasteiger partial charge < -0.3 is 9.84 Å². The van der Waals surface area contributed by atoms with Crippen molar-refractivity contribution in [3.05, 3.63) is 96.3 Å². The van der Waals surface area contributed by atoms with Crippen molar-refractivity contribution in [2.75, 3.05) is 0 Å². The fourth-order valence-electron chi connectivity index (χ4n) is 2.30. The summed E-state index contributed by atoms with van der Waals surface area (Å²) in [7, 11) is 0. The Labute approximate surface area is 140 Å². The van der Waals surface area contributed by atoms with E-state index in [9.17, 15) is 9.90 Å². The van der Waals surface area contributed by atoms with Gasteiger partial charge in [0.2, 0.25) is 5.76 Å². The van der Waals surface area contributed by atoms with E-state index in [0.717, 1.165) is 16.7 Å². The van der Waals surface area contributed by atoms with Crippen LogP contribution < -0.4 is 4.74 Å². The first-order chi connectivity index (χ1) is 11.7. The van der Waals surface area contributed by atoms with Crippen LogP contribution in [0, 0.1) is 0 Å². The average molecular weight is 316 g/mol. The lowest BCUT2D eigenvalue weighted by molar-refractivity contribution is -0.134. The molecule has 0 spiro atoms. The molecule has 0 atom stereocenters. The van der Waals surface area contributed by atoms with Gasteiger partial charge in [-0.3, -0.25) is 0 Å². The summed E-state index contributed by atoms with van der Waals surface area (Å²) in [5.41, 5.74) is 2.96. The van der Waals surface area contributed by atoms with E-state index in [0.29, 0.717) is 5.75 Å². The third-order valence-corrected chi connectivity index (χ3v) is 3.50. The van der Waals surface area contributed by atoms with Gasteiger partial charge in [-0.1, -0.05) is 72.8 Å². The minimum absolute atomic E-state index is 0.117. The SMILES string of the molecule is O=C(O)C(=Cc1ccc(-c2ccccc2)cc1)Oc1ccccc1. The monoisotopic (exact) mass is 316 g/mol. The highest BCUT2D eigenvalue weighted by Gasteiger charge is 2.10. The van der Waals surface area contributed by atoms with E-state index in [1.807, 2.05) is 60.7 Å². The first-order valence-electron chi connectivity index (χ1n) is 7.56. The van der Waals surface area contributed by atoms with Crippen LogP contribution >= 0.6 is 0 Å². The summed E-state index contributed by atoms with van der Waals surface area (Å²) in [4.78, 5) is 11.4. The molecule has 0 radical (unpaired) electrons. The fourth-order valence-corrected chi connectivity index (χ4v) is 2.30. The van der Waals surface area contributed by atoms with E-state index in [1.165, 1.54) is 6.08 Å². The van der Waals surface area contributed by atoms with Crippen LogP contribution in [0.5, 0.6) is 5.75 Å².